The van der Waals surface area contributed by atoms with Gasteiger partial charge in [-0.05, 0) is 0 Å². The van der Waals surface area contributed by atoms with Gasteiger partial charge in [0.2, 0.25) is 0 Å². The Morgan fingerprint density at radius 1 is 0.917 bits per heavy atom. The van der Waals surface area contributed by atoms with E-state index in [1.165, 1.54) is 0 Å². The first kappa shape index (κ1) is 11.7. The monoisotopic (exact) mass is 266 g/mol. The average molecular weight is 268 g/mol. The predicted molar refractivity (Wildman–Crippen MR) is 51.8 cm³/mol. The molecule has 0 aliphatic carbocycles. The summed E-state index contributed by atoms with van der Waals surface area (Å²) in [4.78, 5) is 0. The van der Waals surface area contributed by atoms with Gasteiger partial charge in [0.25, 0.3) is 0 Å². The summed E-state index contributed by atoms with van der Waals surface area (Å²) in [5.74, 6) is 0. The summed E-state index contributed by atoms with van der Waals surface area (Å²) in [5, 5.41) is 0. The van der Waals surface area contributed by atoms with Crippen molar-refractivity contribution in [3.8, 4) is 0 Å². The molecule has 0 aliphatic rings. The van der Waals surface area contributed by atoms with E-state index in [1.807, 2.05) is 54.6 Å². The van der Waals surface area contributed by atoms with Crippen LogP contribution in [0.3, 0.4) is 0 Å². The summed E-state index contributed by atoms with van der Waals surface area (Å²) >= 11 is 3.28. The van der Waals surface area contributed by atoms with Gasteiger partial charge in [0, 0.05) is 0 Å². The van der Waals surface area contributed by atoms with E-state index in [9.17, 15) is 0 Å². The summed E-state index contributed by atoms with van der Waals surface area (Å²) in [7, 11) is 0. The molecule has 2 aromatic carbocycles. The Bertz CT molecular complexity index is 228. The smallest absolute Gasteiger partial charge is 0.214 e. The molecule has 0 heterocycles. The van der Waals surface area contributed by atoms with E-state index >= 15 is 0 Å². The second kappa shape index (κ2) is 7.33. The van der Waals surface area contributed by atoms with Crippen LogP contribution in [-0.2, 0) is 16.5 Å². The molecule has 0 aromatic heterocycles. The van der Waals surface area contributed by atoms with Crippen LogP contribution in [0.2, 0.25) is 0 Å². The number of hydrogen-bond donors (Lipinski definition) is 0. The van der Waals surface area contributed by atoms with Crippen molar-refractivity contribution < 1.29 is 16.5 Å². The summed E-state index contributed by atoms with van der Waals surface area (Å²) in [5.41, 5.74) is 0. The molecule has 0 saturated heterocycles. The number of rotatable bonds is 0. The van der Waals surface area contributed by atoms with Gasteiger partial charge in [-0.2, -0.15) is 30.3 Å². The minimum Gasteiger partial charge on any atom is -0.214 e. The topological polar surface area (TPSA) is 0 Å². The molecule has 0 fully saturated rings. The molecule has 0 atom stereocenters. The molecule has 0 bridgehead atoms. The molecule has 12 heavy (non-hydrogen) atoms. The normalized spacial score (nSPS) is 7.75. The van der Waals surface area contributed by atoms with Crippen molar-refractivity contribution in [1.82, 2.24) is 0 Å². The maximum atomic E-state index is 3.28. The molecule has 0 amide bonds. The van der Waals surface area contributed by atoms with Gasteiger partial charge in [0.15, 0.2) is 0 Å². The van der Waals surface area contributed by atoms with Crippen LogP contribution in [0.1, 0.15) is 0 Å². The maximum absolute atomic E-state index is 3.28. The zero-order valence-electron chi connectivity index (χ0n) is 6.39. The SMILES string of the molecule is Br[c-]1cccc1.[Ni+2].c1cc[cH-]c1. The Labute approximate surface area is 91.4 Å². The molecule has 0 radical (unpaired) electrons. The van der Waals surface area contributed by atoms with E-state index in [0.717, 1.165) is 4.47 Å². The Balaban J connectivity index is 0.000000189. The third-order valence-corrected chi connectivity index (χ3v) is 1.71. The van der Waals surface area contributed by atoms with Gasteiger partial charge >= 0.3 is 16.5 Å². The molecule has 66 valence electrons. The Hall–Kier alpha value is -0.326. The van der Waals surface area contributed by atoms with E-state index in [4.69, 9.17) is 0 Å². The van der Waals surface area contributed by atoms with Gasteiger partial charge < -0.3 is 0 Å². The molecule has 0 aliphatic heterocycles. The van der Waals surface area contributed by atoms with Crippen molar-refractivity contribution >= 4 is 15.9 Å². The van der Waals surface area contributed by atoms with Gasteiger partial charge in [0.05, 0.1) is 0 Å². The van der Waals surface area contributed by atoms with Gasteiger partial charge in [-0.15, -0.1) is 15.9 Å². The average Bonchev–Trinajstić information content (AvgIpc) is 2.57. The standard InChI is InChI=1S/C5H4Br.C5H5.Ni/c6-5-3-1-2-4-5;1-2-4-5-3-1;/h1-4H;1-5H;/q2*-1;+2. The minimum absolute atomic E-state index is 0. The Kier molecular flexibility index (Phi) is 7.13. The van der Waals surface area contributed by atoms with Gasteiger partial charge in [0.1, 0.15) is 0 Å². The van der Waals surface area contributed by atoms with E-state index in [1.54, 1.807) is 0 Å². The first-order valence-corrected chi connectivity index (χ1v) is 4.23. The zero-order valence-corrected chi connectivity index (χ0v) is 8.96. The first-order chi connectivity index (χ1) is 5.39. The van der Waals surface area contributed by atoms with Crippen LogP contribution in [0.5, 0.6) is 0 Å². The number of hydrogen-bond acceptors (Lipinski definition) is 0. The molecular weight excluding hydrogens is 259 g/mol. The fraction of sp³-hybridized carbons (Fsp3) is 0. The van der Waals surface area contributed by atoms with Crippen molar-refractivity contribution in [3.63, 3.8) is 0 Å². The molecular formula is C10H9BrNi. The van der Waals surface area contributed by atoms with Crippen molar-refractivity contribution in [2.75, 3.05) is 0 Å². The summed E-state index contributed by atoms with van der Waals surface area (Å²) in [6.45, 7) is 0. The molecule has 2 aromatic rings. The molecule has 0 unspecified atom stereocenters. The van der Waals surface area contributed by atoms with Crippen molar-refractivity contribution in [1.29, 1.82) is 0 Å². The van der Waals surface area contributed by atoms with Crippen LogP contribution in [0, 0.1) is 0 Å². The molecule has 2 rings (SSSR count). The second-order valence-electron chi connectivity index (χ2n) is 2.07. The van der Waals surface area contributed by atoms with Crippen LogP contribution in [0.25, 0.3) is 0 Å². The van der Waals surface area contributed by atoms with Crippen LogP contribution < -0.4 is 0 Å². The molecule has 0 nitrogen and oxygen atoms in total. The van der Waals surface area contributed by atoms with E-state index in [2.05, 4.69) is 15.9 Å². The predicted octanol–water partition coefficient (Wildman–Crippen LogP) is 3.57. The maximum Gasteiger partial charge on any atom is 2.00 e. The van der Waals surface area contributed by atoms with Crippen molar-refractivity contribution in [2.24, 2.45) is 0 Å². The largest absolute Gasteiger partial charge is 2.00 e. The van der Waals surface area contributed by atoms with Gasteiger partial charge in [-0.3, -0.25) is 0 Å². The van der Waals surface area contributed by atoms with Gasteiger partial charge in [-0.25, -0.2) is 24.3 Å². The quantitative estimate of drug-likeness (QED) is 0.506. The zero-order chi connectivity index (χ0) is 7.94. The molecule has 0 spiro atoms. The summed E-state index contributed by atoms with van der Waals surface area (Å²) in [6, 6.07) is 18.0. The van der Waals surface area contributed by atoms with Crippen molar-refractivity contribution in [3.05, 3.63) is 59.1 Å². The minimum atomic E-state index is 0. The fourth-order valence-electron chi connectivity index (χ4n) is 0.671. The fourth-order valence-corrected chi connectivity index (χ4v) is 0.976. The first-order valence-electron chi connectivity index (χ1n) is 3.43. The Morgan fingerprint density at radius 2 is 1.42 bits per heavy atom. The molecule has 0 saturated carbocycles. The van der Waals surface area contributed by atoms with E-state index in [0.29, 0.717) is 0 Å². The van der Waals surface area contributed by atoms with Crippen LogP contribution in [-0.4, -0.2) is 0 Å². The molecule has 0 N–H and O–H groups in total. The Morgan fingerprint density at radius 3 is 1.58 bits per heavy atom. The summed E-state index contributed by atoms with van der Waals surface area (Å²) in [6.07, 6.45) is 0. The van der Waals surface area contributed by atoms with Crippen molar-refractivity contribution in [2.45, 2.75) is 0 Å². The van der Waals surface area contributed by atoms with Crippen LogP contribution in [0.4, 0.5) is 0 Å². The summed E-state index contributed by atoms with van der Waals surface area (Å²) < 4.78 is 1.16. The third kappa shape index (κ3) is 5.34. The second-order valence-corrected chi connectivity index (χ2v) is 2.98. The molecule has 2 heteroatoms. The number of halogens is 1. The van der Waals surface area contributed by atoms with E-state index < -0.39 is 0 Å². The third-order valence-electron chi connectivity index (χ3n) is 1.18. The van der Waals surface area contributed by atoms with Gasteiger partial charge in [-0.1, -0.05) is 4.47 Å². The van der Waals surface area contributed by atoms with Crippen LogP contribution in [0.15, 0.2) is 59.1 Å². The van der Waals surface area contributed by atoms with Crippen LogP contribution >= 0.6 is 15.9 Å². The van der Waals surface area contributed by atoms with E-state index in [-0.39, 0.29) is 16.5 Å².